The van der Waals surface area contributed by atoms with Crippen molar-refractivity contribution < 1.29 is 4.74 Å². The van der Waals surface area contributed by atoms with Gasteiger partial charge in [-0.1, -0.05) is 48.0 Å². The summed E-state index contributed by atoms with van der Waals surface area (Å²) in [6, 6.07) is 22.7. The average Bonchev–Trinajstić information content (AvgIpc) is 2.79. The van der Waals surface area contributed by atoms with Crippen LogP contribution in [0.25, 0.3) is 27.9 Å². The predicted octanol–water partition coefficient (Wildman–Crippen LogP) is 4.76. The molecule has 0 atom stereocenters. The van der Waals surface area contributed by atoms with Gasteiger partial charge in [-0.15, -0.1) is 0 Å². The highest BCUT2D eigenvalue weighted by atomic mass is 16.5. The first-order valence-corrected chi connectivity index (χ1v) is 9.44. The summed E-state index contributed by atoms with van der Waals surface area (Å²) in [5, 5.41) is 9.57. The van der Waals surface area contributed by atoms with Crippen molar-refractivity contribution in [2.75, 3.05) is 7.11 Å². The van der Waals surface area contributed by atoms with E-state index in [1.165, 1.54) is 7.11 Å². The molecule has 0 N–H and O–H groups in total. The number of ether oxygens (including phenoxy) is 1. The van der Waals surface area contributed by atoms with Crippen molar-refractivity contribution in [1.29, 1.82) is 5.26 Å². The molecule has 0 aliphatic carbocycles. The van der Waals surface area contributed by atoms with Crippen LogP contribution in [0.5, 0.6) is 5.88 Å². The molecule has 2 heterocycles. The van der Waals surface area contributed by atoms with Gasteiger partial charge in [0.05, 0.1) is 24.4 Å². The molecule has 30 heavy (non-hydrogen) atoms. The fourth-order valence-electron chi connectivity index (χ4n) is 3.43. The highest BCUT2D eigenvalue weighted by Gasteiger charge is 2.14. The van der Waals surface area contributed by atoms with E-state index in [4.69, 9.17) is 4.74 Å². The van der Waals surface area contributed by atoms with Crippen LogP contribution in [-0.2, 0) is 0 Å². The molecule has 2 aromatic heterocycles. The van der Waals surface area contributed by atoms with Crippen LogP contribution in [0.1, 0.15) is 11.1 Å². The lowest BCUT2D eigenvalue weighted by Crippen LogP contribution is -2.20. The molecule has 146 valence electrons. The molecule has 0 amide bonds. The lowest BCUT2D eigenvalue weighted by molar-refractivity contribution is 0.397. The Morgan fingerprint density at radius 2 is 1.80 bits per heavy atom. The van der Waals surface area contributed by atoms with Gasteiger partial charge in [0.25, 0.3) is 5.56 Å². The van der Waals surface area contributed by atoms with E-state index in [-0.39, 0.29) is 5.56 Å². The quantitative estimate of drug-likeness (QED) is 0.502. The predicted molar refractivity (Wildman–Crippen MR) is 117 cm³/mol. The van der Waals surface area contributed by atoms with E-state index in [0.29, 0.717) is 22.7 Å². The molecule has 0 saturated heterocycles. The first-order chi connectivity index (χ1) is 14.6. The second kappa shape index (κ2) is 8.06. The molecule has 0 aliphatic rings. The van der Waals surface area contributed by atoms with E-state index in [1.54, 1.807) is 35.2 Å². The molecular weight excluding hydrogens is 374 g/mol. The summed E-state index contributed by atoms with van der Waals surface area (Å²) in [6.45, 7) is 1.99. The number of methoxy groups -OCH3 is 1. The summed E-state index contributed by atoms with van der Waals surface area (Å²) in [5.41, 5.74) is 5.01. The van der Waals surface area contributed by atoms with Crippen molar-refractivity contribution in [3.63, 3.8) is 0 Å². The van der Waals surface area contributed by atoms with Crippen molar-refractivity contribution in [2.24, 2.45) is 0 Å². The molecule has 5 nitrogen and oxygen atoms in total. The Labute approximate surface area is 174 Å². The zero-order valence-electron chi connectivity index (χ0n) is 16.7. The highest BCUT2D eigenvalue weighted by Crippen LogP contribution is 2.28. The standard InChI is InChI=1S/C25H19N3O2/c1-17-6-5-8-18(12-17)23-13-20(22-9-4-3-7-19(22)15-26)16-28(25(23)29)21-10-11-27-24(14-21)30-2/h3-14,16H,1-2H3. The number of nitriles is 1. The maximum Gasteiger partial charge on any atom is 0.262 e. The smallest absolute Gasteiger partial charge is 0.262 e. The van der Waals surface area contributed by atoms with Crippen LogP contribution in [0.2, 0.25) is 0 Å². The molecule has 4 rings (SSSR count). The zero-order chi connectivity index (χ0) is 21.1. The van der Waals surface area contributed by atoms with E-state index in [9.17, 15) is 10.1 Å². The molecule has 0 spiro atoms. The number of pyridine rings is 2. The van der Waals surface area contributed by atoms with E-state index in [1.807, 2.05) is 55.5 Å². The fourth-order valence-corrected chi connectivity index (χ4v) is 3.43. The second-order valence-electron chi connectivity index (χ2n) is 6.90. The summed E-state index contributed by atoms with van der Waals surface area (Å²) in [5.74, 6) is 0.416. The molecule has 4 aromatic rings. The normalized spacial score (nSPS) is 10.4. The molecule has 0 radical (unpaired) electrons. The van der Waals surface area contributed by atoms with Gasteiger partial charge >= 0.3 is 0 Å². The number of rotatable bonds is 4. The summed E-state index contributed by atoms with van der Waals surface area (Å²) in [6.07, 6.45) is 3.36. The van der Waals surface area contributed by atoms with Gasteiger partial charge in [-0.05, 0) is 30.7 Å². The Morgan fingerprint density at radius 1 is 0.967 bits per heavy atom. The van der Waals surface area contributed by atoms with Crippen molar-refractivity contribution >= 4 is 0 Å². The molecule has 0 saturated carbocycles. The van der Waals surface area contributed by atoms with Crippen LogP contribution in [0.4, 0.5) is 0 Å². The van der Waals surface area contributed by atoms with Gasteiger partial charge in [-0.2, -0.15) is 5.26 Å². The number of aromatic nitrogens is 2. The van der Waals surface area contributed by atoms with Gasteiger partial charge in [0.1, 0.15) is 0 Å². The van der Waals surface area contributed by atoms with E-state index >= 15 is 0 Å². The van der Waals surface area contributed by atoms with Crippen LogP contribution >= 0.6 is 0 Å². The number of hydrogen-bond acceptors (Lipinski definition) is 4. The van der Waals surface area contributed by atoms with Crippen LogP contribution < -0.4 is 10.3 Å². The molecule has 2 aromatic carbocycles. The lowest BCUT2D eigenvalue weighted by atomic mass is 9.97. The van der Waals surface area contributed by atoms with Crippen LogP contribution in [0.3, 0.4) is 0 Å². The zero-order valence-corrected chi connectivity index (χ0v) is 16.7. The fraction of sp³-hybridized carbons (Fsp3) is 0.0800. The lowest BCUT2D eigenvalue weighted by Gasteiger charge is -2.14. The molecule has 5 heteroatoms. The number of hydrogen-bond donors (Lipinski definition) is 0. The monoisotopic (exact) mass is 393 g/mol. The van der Waals surface area contributed by atoms with Crippen LogP contribution in [0, 0.1) is 18.3 Å². The van der Waals surface area contributed by atoms with Gasteiger partial charge in [0.2, 0.25) is 5.88 Å². The first kappa shape index (κ1) is 19.2. The third kappa shape index (κ3) is 3.59. The molecule has 0 fully saturated rings. The molecule has 0 unspecified atom stereocenters. The minimum absolute atomic E-state index is 0.160. The minimum atomic E-state index is -0.160. The number of aryl methyl sites for hydroxylation is 1. The van der Waals surface area contributed by atoms with Gasteiger partial charge in [0.15, 0.2) is 0 Å². The Balaban J connectivity index is 2.04. The van der Waals surface area contributed by atoms with Gasteiger partial charge in [0, 0.05) is 35.2 Å². The van der Waals surface area contributed by atoms with E-state index < -0.39 is 0 Å². The van der Waals surface area contributed by atoms with Gasteiger partial charge in [-0.25, -0.2) is 4.98 Å². The Morgan fingerprint density at radius 3 is 2.57 bits per heavy atom. The highest BCUT2D eigenvalue weighted by molar-refractivity contribution is 5.76. The molecular formula is C25H19N3O2. The summed E-state index contributed by atoms with van der Waals surface area (Å²) < 4.78 is 6.80. The van der Waals surface area contributed by atoms with Gasteiger partial charge in [-0.3, -0.25) is 9.36 Å². The number of nitrogens with zero attached hydrogens (tertiary/aromatic N) is 3. The maximum atomic E-state index is 13.5. The average molecular weight is 393 g/mol. The van der Waals surface area contributed by atoms with Crippen molar-refractivity contribution in [3.8, 4) is 39.9 Å². The minimum Gasteiger partial charge on any atom is -0.481 e. The number of benzene rings is 2. The van der Waals surface area contributed by atoms with Crippen LogP contribution in [0.15, 0.2) is 83.9 Å². The molecule has 0 aliphatic heterocycles. The Hall–Kier alpha value is -4.17. The molecule has 0 bridgehead atoms. The van der Waals surface area contributed by atoms with E-state index in [0.717, 1.165) is 22.3 Å². The Bertz CT molecular complexity index is 1330. The topological polar surface area (TPSA) is 67.9 Å². The largest absolute Gasteiger partial charge is 0.481 e. The summed E-state index contributed by atoms with van der Waals surface area (Å²) >= 11 is 0. The van der Waals surface area contributed by atoms with Gasteiger partial charge < -0.3 is 4.74 Å². The van der Waals surface area contributed by atoms with Crippen molar-refractivity contribution in [1.82, 2.24) is 9.55 Å². The van der Waals surface area contributed by atoms with Crippen molar-refractivity contribution in [3.05, 3.63) is 101 Å². The first-order valence-electron chi connectivity index (χ1n) is 9.44. The third-order valence-electron chi connectivity index (χ3n) is 4.91. The van der Waals surface area contributed by atoms with Crippen LogP contribution in [-0.4, -0.2) is 16.7 Å². The SMILES string of the molecule is COc1cc(-n2cc(-c3ccccc3C#N)cc(-c3cccc(C)c3)c2=O)ccn1. The summed E-state index contributed by atoms with van der Waals surface area (Å²) in [4.78, 5) is 17.6. The third-order valence-corrected chi connectivity index (χ3v) is 4.91. The van der Waals surface area contributed by atoms with Crippen molar-refractivity contribution in [2.45, 2.75) is 6.92 Å². The maximum absolute atomic E-state index is 13.5. The van der Waals surface area contributed by atoms with E-state index in [2.05, 4.69) is 11.1 Å². The summed E-state index contributed by atoms with van der Waals surface area (Å²) in [7, 11) is 1.53. The second-order valence-corrected chi connectivity index (χ2v) is 6.90. The Kier molecular flexibility index (Phi) is 5.15.